The molecule has 1 fully saturated rings. The Morgan fingerprint density at radius 1 is 1.22 bits per heavy atom. The van der Waals surface area contributed by atoms with Crippen LogP contribution in [0.15, 0.2) is 24.3 Å². The van der Waals surface area contributed by atoms with Gasteiger partial charge >= 0.3 is 12.1 Å². The van der Waals surface area contributed by atoms with Crippen molar-refractivity contribution in [3.8, 4) is 12.3 Å². The molecule has 9 nitrogen and oxygen atoms in total. The number of alkyl carbamates (subject to hydrolysis) is 1. The van der Waals surface area contributed by atoms with Gasteiger partial charge in [-0.1, -0.05) is 24.1 Å². The van der Waals surface area contributed by atoms with Crippen LogP contribution in [0.2, 0.25) is 0 Å². The number of methoxy groups -OCH3 is 1. The molecule has 1 saturated carbocycles. The van der Waals surface area contributed by atoms with Crippen molar-refractivity contribution in [3.05, 3.63) is 35.4 Å². The van der Waals surface area contributed by atoms with Crippen LogP contribution in [0.25, 0.3) is 0 Å². The van der Waals surface area contributed by atoms with Crippen molar-refractivity contribution in [2.45, 2.75) is 63.8 Å². The quantitative estimate of drug-likeness (QED) is 0.343. The van der Waals surface area contributed by atoms with Crippen molar-refractivity contribution in [1.82, 2.24) is 15.5 Å². The van der Waals surface area contributed by atoms with Crippen LogP contribution in [0, 0.1) is 12.3 Å². The minimum atomic E-state index is -1.10. The largest absolute Gasteiger partial charge is 0.468 e. The van der Waals surface area contributed by atoms with Crippen LogP contribution in [0.4, 0.5) is 4.79 Å². The van der Waals surface area contributed by atoms with Gasteiger partial charge in [0.15, 0.2) is 0 Å². The molecule has 2 atom stereocenters. The fourth-order valence-corrected chi connectivity index (χ4v) is 4.08. The molecule has 0 spiro atoms. The summed E-state index contributed by atoms with van der Waals surface area (Å²) in [7, 11) is 1.22. The Hall–Kier alpha value is -3.19. The third-order valence-corrected chi connectivity index (χ3v) is 6.01. The fraction of sp³-hybridized carbons (Fsp3) is 0.538. The number of hydrogen-bond donors (Lipinski definition) is 2. The maximum atomic E-state index is 14.0. The third-order valence-electron chi connectivity index (χ3n) is 5.37. The van der Waals surface area contributed by atoms with E-state index in [9.17, 15) is 19.2 Å². The summed E-state index contributed by atoms with van der Waals surface area (Å²) in [6.07, 6.45) is 8.65. The van der Waals surface area contributed by atoms with Crippen molar-refractivity contribution in [3.63, 3.8) is 0 Å². The van der Waals surface area contributed by atoms with Gasteiger partial charge in [-0.25, -0.2) is 4.79 Å². The molecule has 0 bridgehead atoms. The van der Waals surface area contributed by atoms with Crippen LogP contribution in [-0.2, 0) is 23.9 Å². The normalized spacial score (nSPS) is 14.6. The van der Waals surface area contributed by atoms with Crippen LogP contribution in [0.5, 0.6) is 0 Å². The zero-order valence-corrected chi connectivity index (χ0v) is 22.3. The minimum absolute atomic E-state index is 0.213. The molecule has 1 aliphatic carbocycles. The van der Waals surface area contributed by atoms with Crippen molar-refractivity contribution in [2.75, 3.05) is 25.7 Å². The first-order valence-corrected chi connectivity index (χ1v) is 13.1. The standard InChI is InChI=1S/C26H35N3O6S/c1-7-17-10-8-9-11-19(17)22(23(31)27-16-21(30)34-5)29(18-12-13-18)24(32)20(14-15-36-6)28-25(33)35-26(2,3)4/h1,8-11,18,20,22H,12-16H2,2-6H3,(H,27,31)(H,28,33). The third kappa shape index (κ3) is 8.48. The maximum Gasteiger partial charge on any atom is 0.408 e. The monoisotopic (exact) mass is 517 g/mol. The van der Waals surface area contributed by atoms with E-state index in [1.807, 2.05) is 6.26 Å². The van der Waals surface area contributed by atoms with Gasteiger partial charge < -0.3 is 25.0 Å². The minimum Gasteiger partial charge on any atom is -0.468 e. The lowest BCUT2D eigenvalue weighted by atomic mass is 9.97. The lowest BCUT2D eigenvalue weighted by molar-refractivity contribution is -0.145. The van der Waals surface area contributed by atoms with Crippen molar-refractivity contribution in [1.29, 1.82) is 0 Å². The van der Waals surface area contributed by atoms with Crippen molar-refractivity contribution in [2.24, 2.45) is 0 Å². The summed E-state index contributed by atoms with van der Waals surface area (Å²) in [5.41, 5.74) is 0.175. The predicted molar refractivity (Wildman–Crippen MR) is 138 cm³/mol. The number of rotatable bonds is 11. The van der Waals surface area contributed by atoms with E-state index >= 15 is 0 Å². The Balaban J connectivity index is 2.47. The number of terminal acetylenes is 1. The van der Waals surface area contributed by atoms with Crippen molar-refractivity contribution >= 4 is 35.6 Å². The van der Waals surface area contributed by atoms with Gasteiger partial charge in [0.05, 0.1) is 7.11 Å². The smallest absolute Gasteiger partial charge is 0.408 e. The van der Waals surface area contributed by atoms with E-state index < -0.39 is 41.6 Å². The molecule has 36 heavy (non-hydrogen) atoms. The summed E-state index contributed by atoms with van der Waals surface area (Å²) in [6.45, 7) is 4.85. The number of nitrogens with one attached hydrogen (secondary N) is 2. The van der Waals surface area contributed by atoms with E-state index in [0.717, 1.165) is 0 Å². The number of nitrogens with zero attached hydrogens (tertiary/aromatic N) is 1. The highest BCUT2D eigenvalue weighted by atomic mass is 32.2. The van der Waals surface area contributed by atoms with Crippen LogP contribution in [0.1, 0.15) is 57.2 Å². The molecule has 0 heterocycles. The zero-order chi connectivity index (χ0) is 26.9. The molecule has 3 amide bonds. The number of thioether (sulfide) groups is 1. The SMILES string of the molecule is C#Cc1ccccc1C(C(=O)NCC(=O)OC)N(C(=O)C(CCSC)NC(=O)OC(C)(C)C)C1CC1. The molecule has 0 radical (unpaired) electrons. The van der Waals surface area contributed by atoms with Gasteiger partial charge in [0, 0.05) is 11.6 Å². The van der Waals surface area contributed by atoms with E-state index in [4.69, 9.17) is 11.2 Å². The Morgan fingerprint density at radius 3 is 2.44 bits per heavy atom. The molecule has 2 rings (SSSR count). The number of ether oxygens (including phenoxy) is 2. The van der Waals surface area contributed by atoms with Gasteiger partial charge in [0.1, 0.15) is 24.2 Å². The number of carbonyl (C=O) groups is 4. The van der Waals surface area contributed by atoms with Crippen LogP contribution < -0.4 is 10.6 Å². The number of hydrogen-bond acceptors (Lipinski definition) is 7. The average molecular weight is 518 g/mol. The molecule has 2 N–H and O–H groups in total. The second-order valence-corrected chi connectivity index (χ2v) is 10.4. The fourth-order valence-electron chi connectivity index (χ4n) is 3.61. The first-order chi connectivity index (χ1) is 17.0. The molecule has 1 aromatic rings. The van der Waals surface area contributed by atoms with E-state index in [0.29, 0.717) is 36.1 Å². The number of benzene rings is 1. The molecular formula is C26H35N3O6S. The molecule has 1 aromatic carbocycles. The van der Waals surface area contributed by atoms with Crippen LogP contribution >= 0.6 is 11.8 Å². The highest BCUT2D eigenvalue weighted by molar-refractivity contribution is 7.98. The molecule has 10 heteroatoms. The second kappa shape index (κ2) is 13.2. The zero-order valence-electron chi connectivity index (χ0n) is 21.5. The van der Waals surface area contributed by atoms with Gasteiger partial charge in [0.25, 0.3) is 0 Å². The van der Waals surface area contributed by atoms with Crippen LogP contribution in [0.3, 0.4) is 0 Å². The Morgan fingerprint density at radius 2 is 1.89 bits per heavy atom. The highest BCUT2D eigenvalue weighted by Gasteiger charge is 2.44. The molecule has 2 unspecified atom stereocenters. The van der Waals surface area contributed by atoms with Gasteiger partial charge in [0.2, 0.25) is 11.8 Å². The topological polar surface area (TPSA) is 114 Å². The summed E-state index contributed by atoms with van der Waals surface area (Å²) in [6, 6.07) is 4.64. The lowest BCUT2D eigenvalue weighted by Gasteiger charge is -2.35. The van der Waals surface area contributed by atoms with Gasteiger partial charge in [-0.05, 0) is 63.7 Å². The van der Waals surface area contributed by atoms with Gasteiger partial charge in [-0.3, -0.25) is 14.4 Å². The highest BCUT2D eigenvalue weighted by Crippen LogP contribution is 2.36. The van der Waals surface area contributed by atoms with E-state index in [1.54, 1.807) is 45.0 Å². The summed E-state index contributed by atoms with van der Waals surface area (Å²) < 4.78 is 10.0. The molecule has 0 saturated heterocycles. The summed E-state index contributed by atoms with van der Waals surface area (Å²) in [4.78, 5) is 53.2. The molecule has 196 valence electrons. The Bertz CT molecular complexity index is 996. The molecule has 0 aromatic heterocycles. The maximum absolute atomic E-state index is 14.0. The number of esters is 1. The summed E-state index contributed by atoms with van der Waals surface area (Å²) in [5.74, 6) is 1.58. The van der Waals surface area contributed by atoms with E-state index in [2.05, 4.69) is 21.3 Å². The van der Waals surface area contributed by atoms with Gasteiger partial charge in [-0.2, -0.15) is 11.8 Å². The summed E-state index contributed by atoms with van der Waals surface area (Å²) in [5, 5.41) is 5.26. The summed E-state index contributed by atoms with van der Waals surface area (Å²) >= 11 is 1.53. The predicted octanol–water partition coefficient (Wildman–Crippen LogP) is 2.64. The van der Waals surface area contributed by atoms with Crippen LogP contribution in [-0.4, -0.2) is 72.1 Å². The average Bonchev–Trinajstić information content (AvgIpc) is 3.66. The lowest BCUT2D eigenvalue weighted by Crippen LogP contribution is -2.54. The Labute approximate surface area is 217 Å². The molecule has 0 aliphatic heterocycles. The first kappa shape index (κ1) is 29.0. The first-order valence-electron chi connectivity index (χ1n) is 11.7. The van der Waals surface area contributed by atoms with E-state index in [-0.39, 0.29) is 12.6 Å². The molecular weight excluding hydrogens is 482 g/mol. The van der Waals surface area contributed by atoms with Crippen molar-refractivity contribution < 1.29 is 28.7 Å². The number of carbonyl (C=O) groups excluding carboxylic acids is 4. The molecule has 1 aliphatic rings. The van der Waals surface area contributed by atoms with E-state index in [1.165, 1.54) is 23.8 Å². The second-order valence-electron chi connectivity index (χ2n) is 9.39. The number of amides is 3. The Kier molecular flexibility index (Phi) is 10.7. The van der Waals surface area contributed by atoms with Gasteiger partial charge in [-0.15, -0.1) is 6.42 Å².